The monoisotopic (exact) mass is 276 g/mol. The van der Waals surface area contributed by atoms with Gasteiger partial charge in [-0.1, -0.05) is 60.1 Å². The van der Waals surface area contributed by atoms with Crippen LogP contribution in [-0.4, -0.2) is 18.3 Å². The van der Waals surface area contributed by atoms with Crippen LogP contribution < -0.4 is 0 Å². The molecule has 2 rings (SSSR count). The van der Waals surface area contributed by atoms with Gasteiger partial charge in [0.2, 0.25) is 0 Å². The first-order valence-electron chi connectivity index (χ1n) is 6.21. The van der Waals surface area contributed by atoms with E-state index in [-0.39, 0.29) is 6.10 Å². The van der Waals surface area contributed by atoms with Crippen LogP contribution in [0.15, 0.2) is 54.6 Å². The van der Waals surface area contributed by atoms with Gasteiger partial charge >= 0.3 is 0 Å². The first-order valence-corrected chi connectivity index (χ1v) is 6.59. The molecule has 0 spiro atoms. The Morgan fingerprint density at radius 1 is 1.05 bits per heavy atom. The summed E-state index contributed by atoms with van der Waals surface area (Å²) in [6, 6.07) is 17.2. The number of hydrogen-bond donors (Lipinski definition) is 1. The third-order valence-corrected chi connectivity index (χ3v) is 3.49. The van der Waals surface area contributed by atoms with Crippen LogP contribution in [0.4, 0.5) is 0 Å². The maximum Gasteiger partial charge on any atom is 0.108 e. The maximum absolute atomic E-state index is 10.4. The van der Waals surface area contributed by atoms with Crippen molar-refractivity contribution in [1.82, 2.24) is 0 Å². The fourth-order valence-electron chi connectivity index (χ4n) is 2.15. The van der Waals surface area contributed by atoms with Gasteiger partial charge in [0.05, 0.1) is 6.10 Å². The molecule has 0 aliphatic heterocycles. The fraction of sp³-hybridized carbons (Fsp3) is 0.250. The Balaban J connectivity index is 2.14. The van der Waals surface area contributed by atoms with Crippen LogP contribution in [0.2, 0.25) is 5.02 Å². The van der Waals surface area contributed by atoms with Crippen molar-refractivity contribution in [2.75, 3.05) is 7.11 Å². The molecule has 0 bridgehead atoms. The van der Waals surface area contributed by atoms with Gasteiger partial charge in [-0.3, -0.25) is 0 Å². The summed E-state index contributed by atoms with van der Waals surface area (Å²) in [6.07, 6.45) is -0.516. The molecule has 0 saturated heterocycles. The van der Waals surface area contributed by atoms with E-state index in [4.69, 9.17) is 16.3 Å². The summed E-state index contributed by atoms with van der Waals surface area (Å²) < 4.78 is 5.42. The van der Waals surface area contributed by atoms with Crippen molar-refractivity contribution < 1.29 is 9.84 Å². The zero-order chi connectivity index (χ0) is 13.7. The SMILES string of the molecule is COC(c1ccccc1)C(O)Cc1ccccc1Cl. The molecule has 0 radical (unpaired) electrons. The lowest BCUT2D eigenvalue weighted by Gasteiger charge is -2.22. The van der Waals surface area contributed by atoms with Crippen molar-refractivity contribution in [2.24, 2.45) is 0 Å². The fourth-order valence-corrected chi connectivity index (χ4v) is 2.37. The van der Waals surface area contributed by atoms with E-state index in [1.54, 1.807) is 7.11 Å². The van der Waals surface area contributed by atoms with Gasteiger partial charge in [-0.15, -0.1) is 0 Å². The third kappa shape index (κ3) is 3.57. The second-order valence-corrected chi connectivity index (χ2v) is 4.84. The minimum absolute atomic E-state index is 0.350. The van der Waals surface area contributed by atoms with E-state index >= 15 is 0 Å². The van der Waals surface area contributed by atoms with Gasteiger partial charge in [0, 0.05) is 18.6 Å². The number of methoxy groups -OCH3 is 1. The van der Waals surface area contributed by atoms with Gasteiger partial charge in [0.1, 0.15) is 6.10 Å². The summed E-state index contributed by atoms with van der Waals surface area (Å²) in [5, 5.41) is 11.0. The molecule has 2 atom stereocenters. The summed E-state index contributed by atoms with van der Waals surface area (Å²) in [5.41, 5.74) is 1.89. The molecule has 19 heavy (non-hydrogen) atoms. The smallest absolute Gasteiger partial charge is 0.108 e. The summed E-state index contributed by atoms with van der Waals surface area (Å²) in [7, 11) is 1.60. The molecule has 3 heteroatoms. The van der Waals surface area contributed by atoms with Gasteiger partial charge in [0.25, 0.3) is 0 Å². The molecule has 2 nitrogen and oxygen atoms in total. The number of ether oxygens (including phenoxy) is 1. The van der Waals surface area contributed by atoms with Crippen molar-refractivity contribution in [3.63, 3.8) is 0 Å². The summed E-state index contributed by atoms with van der Waals surface area (Å²) in [4.78, 5) is 0. The number of aliphatic hydroxyl groups excluding tert-OH is 1. The minimum atomic E-state index is -0.632. The highest BCUT2D eigenvalue weighted by molar-refractivity contribution is 6.31. The molecule has 0 amide bonds. The second-order valence-electron chi connectivity index (χ2n) is 4.43. The Bertz CT molecular complexity index is 513. The molecule has 0 fully saturated rings. The van der Waals surface area contributed by atoms with Crippen molar-refractivity contribution in [3.8, 4) is 0 Å². The Morgan fingerprint density at radius 3 is 2.32 bits per heavy atom. The van der Waals surface area contributed by atoms with Crippen LogP contribution in [0, 0.1) is 0 Å². The Kier molecular flexibility index (Phi) is 4.97. The van der Waals surface area contributed by atoms with E-state index in [0.29, 0.717) is 11.4 Å². The van der Waals surface area contributed by atoms with Gasteiger partial charge in [-0.2, -0.15) is 0 Å². The van der Waals surface area contributed by atoms with E-state index in [0.717, 1.165) is 11.1 Å². The normalized spacial score (nSPS) is 14.1. The van der Waals surface area contributed by atoms with Crippen molar-refractivity contribution in [3.05, 3.63) is 70.7 Å². The quantitative estimate of drug-likeness (QED) is 0.904. The molecule has 2 aromatic carbocycles. The molecule has 100 valence electrons. The Hall–Kier alpha value is -1.35. The summed E-state index contributed by atoms with van der Waals surface area (Å²) in [6.45, 7) is 0. The van der Waals surface area contributed by atoms with E-state index in [9.17, 15) is 5.11 Å². The number of benzene rings is 2. The average Bonchev–Trinajstić information content (AvgIpc) is 2.43. The molecular formula is C16H17ClO2. The predicted octanol–water partition coefficient (Wildman–Crippen LogP) is 3.63. The zero-order valence-corrected chi connectivity index (χ0v) is 11.5. The van der Waals surface area contributed by atoms with Crippen LogP contribution in [0.25, 0.3) is 0 Å². The molecule has 0 aliphatic carbocycles. The minimum Gasteiger partial charge on any atom is -0.390 e. The average molecular weight is 277 g/mol. The molecular weight excluding hydrogens is 260 g/mol. The lowest BCUT2D eigenvalue weighted by molar-refractivity contribution is -0.0128. The van der Waals surface area contributed by atoms with E-state index < -0.39 is 6.10 Å². The molecule has 0 heterocycles. The van der Waals surface area contributed by atoms with Gasteiger partial charge in [0.15, 0.2) is 0 Å². The molecule has 1 N–H and O–H groups in total. The summed E-state index contributed by atoms with van der Waals surface area (Å²) in [5.74, 6) is 0. The van der Waals surface area contributed by atoms with E-state index in [1.165, 1.54) is 0 Å². The van der Waals surface area contributed by atoms with Crippen LogP contribution in [0.5, 0.6) is 0 Å². The second kappa shape index (κ2) is 6.71. The Morgan fingerprint density at radius 2 is 1.68 bits per heavy atom. The zero-order valence-electron chi connectivity index (χ0n) is 10.8. The standard InChI is InChI=1S/C16H17ClO2/c1-19-16(12-7-3-2-4-8-12)15(18)11-13-9-5-6-10-14(13)17/h2-10,15-16,18H,11H2,1H3. The number of halogens is 1. The molecule has 2 unspecified atom stereocenters. The third-order valence-electron chi connectivity index (χ3n) is 3.12. The lowest BCUT2D eigenvalue weighted by atomic mass is 9.98. The Labute approximate surface area is 118 Å². The molecule has 0 aromatic heterocycles. The first kappa shape index (κ1) is 14.1. The predicted molar refractivity (Wildman–Crippen MR) is 77.4 cm³/mol. The summed E-state index contributed by atoms with van der Waals surface area (Å²) >= 11 is 6.11. The van der Waals surface area contributed by atoms with Crippen molar-refractivity contribution >= 4 is 11.6 Å². The number of rotatable bonds is 5. The van der Waals surface area contributed by atoms with Gasteiger partial charge < -0.3 is 9.84 Å². The van der Waals surface area contributed by atoms with Crippen LogP contribution in [0.3, 0.4) is 0 Å². The number of aliphatic hydroxyl groups is 1. The molecule has 0 aliphatic rings. The van der Waals surface area contributed by atoms with Crippen LogP contribution in [-0.2, 0) is 11.2 Å². The van der Waals surface area contributed by atoms with Crippen LogP contribution in [0.1, 0.15) is 17.2 Å². The largest absolute Gasteiger partial charge is 0.390 e. The van der Waals surface area contributed by atoms with Gasteiger partial charge in [-0.25, -0.2) is 0 Å². The highest BCUT2D eigenvalue weighted by Crippen LogP contribution is 2.25. The highest BCUT2D eigenvalue weighted by Gasteiger charge is 2.21. The topological polar surface area (TPSA) is 29.5 Å². The first-order chi connectivity index (χ1) is 9.22. The lowest BCUT2D eigenvalue weighted by Crippen LogP contribution is -2.22. The molecule has 0 saturated carbocycles. The van der Waals surface area contributed by atoms with Crippen molar-refractivity contribution in [1.29, 1.82) is 0 Å². The van der Waals surface area contributed by atoms with E-state index in [1.807, 2.05) is 54.6 Å². The van der Waals surface area contributed by atoms with Crippen molar-refractivity contribution in [2.45, 2.75) is 18.6 Å². The maximum atomic E-state index is 10.4. The number of hydrogen-bond acceptors (Lipinski definition) is 2. The molecule has 2 aromatic rings. The highest BCUT2D eigenvalue weighted by atomic mass is 35.5. The van der Waals surface area contributed by atoms with Crippen LogP contribution >= 0.6 is 11.6 Å². The van der Waals surface area contributed by atoms with Gasteiger partial charge in [-0.05, 0) is 17.2 Å². The van der Waals surface area contributed by atoms with E-state index in [2.05, 4.69) is 0 Å².